The predicted molar refractivity (Wildman–Crippen MR) is 138 cm³/mol. The van der Waals surface area contributed by atoms with Crippen LogP contribution in [-0.4, -0.2) is 62.8 Å². The molecular formula is C26H30F2N6O5. The summed E-state index contributed by atoms with van der Waals surface area (Å²) in [5.41, 5.74) is -0.728. The minimum atomic E-state index is -2.78. The van der Waals surface area contributed by atoms with Gasteiger partial charge in [-0.05, 0) is 39.3 Å². The van der Waals surface area contributed by atoms with Crippen LogP contribution in [0.2, 0.25) is 0 Å². The molecule has 4 heterocycles. The fourth-order valence-corrected chi connectivity index (χ4v) is 4.67. The van der Waals surface area contributed by atoms with E-state index in [9.17, 15) is 23.2 Å². The lowest BCUT2D eigenvalue weighted by Crippen LogP contribution is -2.41. The van der Waals surface area contributed by atoms with Gasteiger partial charge in [0.05, 0.1) is 18.4 Å². The molecule has 13 heteroatoms. The molecule has 2 fully saturated rings. The predicted octanol–water partition coefficient (Wildman–Crippen LogP) is 4.20. The van der Waals surface area contributed by atoms with E-state index in [1.807, 2.05) is 0 Å². The number of anilines is 3. The molecule has 3 aromatic rings. The fraction of sp³-hybridized carbons (Fsp3) is 0.500. The number of ether oxygens (including phenoxy) is 2. The summed E-state index contributed by atoms with van der Waals surface area (Å²) in [7, 11) is 1.49. The Morgan fingerprint density at radius 1 is 1.28 bits per heavy atom. The van der Waals surface area contributed by atoms with Crippen LogP contribution in [0.4, 0.5) is 30.9 Å². The number of carbonyl (C=O) groups excluding carboxylic acids is 2. The van der Waals surface area contributed by atoms with Crippen LogP contribution in [-0.2, 0) is 9.47 Å². The highest BCUT2D eigenvalue weighted by atomic mass is 19.3. The molecule has 2 aliphatic rings. The molecule has 5 rings (SSSR count). The number of aromatic nitrogens is 4. The van der Waals surface area contributed by atoms with E-state index in [-0.39, 0.29) is 40.2 Å². The number of carbonyl (C=O) groups is 2. The van der Waals surface area contributed by atoms with Crippen molar-refractivity contribution in [2.75, 3.05) is 30.5 Å². The molecule has 1 atom stereocenters. The highest BCUT2D eigenvalue weighted by Gasteiger charge is 2.46. The van der Waals surface area contributed by atoms with Crippen LogP contribution in [0.1, 0.15) is 56.4 Å². The minimum Gasteiger partial charge on any atom is -0.443 e. The van der Waals surface area contributed by atoms with Crippen LogP contribution in [0.25, 0.3) is 5.65 Å². The van der Waals surface area contributed by atoms with E-state index in [1.165, 1.54) is 45.6 Å². The maximum atomic E-state index is 13.4. The van der Waals surface area contributed by atoms with Gasteiger partial charge in [0.25, 0.3) is 11.5 Å². The number of nitrogens with zero attached hydrogens (tertiary/aromatic N) is 5. The lowest BCUT2D eigenvalue weighted by molar-refractivity contribution is -0.104. The maximum absolute atomic E-state index is 13.4. The van der Waals surface area contributed by atoms with Crippen LogP contribution >= 0.6 is 0 Å². The zero-order chi connectivity index (χ0) is 28.1. The summed E-state index contributed by atoms with van der Waals surface area (Å²) in [5.74, 6) is -2.93. The van der Waals surface area contributed by atoms with Gasteiger partial charge < -0.3 is 19.4 Å². The number of pyridine rings is 1. The van der Waals surface area contributed by atoms with Crippen LogP contribution in [0, 0.1) is 5.92 Å². The van der Waals surface area contributed by atoms with Crippen LogP contribution < -0.4 is 15.8 Å². The summed E-state index contributed by atoms with van der Waals surface area (Å²) in [6, 6.07) is 3.98. The molecule has 1 saturated carbocycles. The molecule has 1 N–H and O–H groups in total. The number of ketones is 1. The summed E-state index contributed by atoms with van der Waals surface area (Å²) < 4.78 is 40.4. The van der Waals surface area contributed by atoms with Crippen molar-refractivity contribution < 1.29 is 27.8 Å². The molecule has 3 aromatic heterocycles. The standard InChI is InChI=1S/C26H30F2N6O5/c1-25(2,3)39-24(37)32(4)20-10-19(30-18-6-5-8-33(23(18)36)16-11-26(27,28)12-16)31-22-17(13-29-34(20)22)21(35)15-7-9-38-14-15/h5-6,8,10,13,15-16H,7,9,11-12,14H2,1-4H3,(H,30,31). The van der Waals surface area contributed by atoms with E-state index in [0.717, 1.165) is 0 Å². The number of Topliss-reactive ketones (excluding diaryl/α,β-unsaturated/α-hetero) is 1. The number of hydrogen-bond donors (Lipinski definition) is 1. The number of hydrogen-bond acceptors (Lipinski definition) is 8. The second-order valence-corrected chi connectivity index (χ2v) is 10.9. The van der Waals surface area contributed by atoms with Crippen molar-refractivity contribution in [1.29, 1.82) is 0 Å². The molecule has 1 aliphatic carbocycles. The topological polar surface area (TPSA) is 120 Å². The molecule has 1 amide bonds. The number of halogens is 2. The van der Waals surface area contributed by atoms with E-state index in [0.29, 0.717) is 19.6 Å². The molecule has 1 aliphatic heterocycles. The van der Waals surface area contributed by atoms with Crippen molar-refractivity contribution in [3.8, 4) is 0 Å². The number of rotatable bonds is 6. The zero-order valence-corrected chi connectivity index (χ0v) is 22.1. The van der Waals surface area contributed by atoms with Gasteiger partial charge >= 0.3 is 6.09 Å². The van der Waals surface area contributed by atoms with E-state index in [1.54, 1.807) is 26.8 Å². The second-order valence-electron chi connectivity index (χ2n) is 10.9. The van der Waals surface area contributed by atoms with Crippen molar-refractivity contribution in [3.63, 3.8) is 0 Å². The van der Waals surface area contributed by atoms with Crippen molar-refractivity contribution in [2.24, 2.45) is 5.92 Å². The Morgan fingerprint density at radius 2 is 2.03 bits per heavy atom. The molecule has 11 nitrogen and oxygen atoms in total. The second kappa shape index (κ2) is 9.70. The van der Waals surface area contributed by atoms with E-state index >= 15 is 0 Å². The van der Waals surface area contributed by atoms with Gasteiger partial charge in [-0.1, -0.05) is 0 Å². The first-order valence-corrected chi connectivity index (χ1v) is 12.7. The minimum absolute atomic E-state index is 0.104. The van der Waals surface area contributed by atoms with Crippen molar-refractivity contribution >= 4 is 34.8 Å². The van der Waals surface area contributed by atoms with Crippen LogP contribution in [0.3, 0.4) is 0 Å². The Labute approximate surface area is 222 Å². The van der Waals surface area contributed by atoms with Gasteiger partial charge in [0, 0.05) is 50.7 Å². The molecule has 0 radical (unpaired) electrons. The Morgan fingerprint density at radius 3 is 2.67 bits per heavy atom. The van der Waals surface area contributed by atoms with Gasteiger partial charge in [0.15, 0.2) is 11.4 Å². The number of alkyl halides is 2. The average molecular weight is 545 g/mol. The molecule has 208 valence electrons. The van der Waals surface area contributed by atoms with E-state index < -0.39 is 42.1 Å². The van der Waals surface area contributed by atoms with Gasteiger partial charge in [-0.15, -0.1) is 0 Å². The third-order valence-corrected chi connectivity index (χ3v) is 6.73. The van der Waals surface area contributed by atoms with Crippen LogP contribution in [0.15, 0.2) is 35.4 Å². The molecular weight excluding hydrogens is 514 g/mol. The lowest BCUT2D eigenvalue weighted by Gasteiger charge is -2.36. The van der Waals surface area contributed by atoms with Crippen molar-refractivity contribution in [1.82, 2.24) is 19.2 Å². The lowest BCUT2D eigenvalue weighted by atomic mass is 9.88. The fourth-order valence-electron chi connectivity index (χ4n) is 4.67. The SMILES string of the molecule is CN(C(=O)OC(C)(C)C)c1cc(Nc2cccn(C3CC(F)(F)C3)c2=O)nc2c(C(=O)C3CCOC3)cnn12. The molecule has 0 aromatic carbocycles. The largest absolute Gasteiger partial charge is 0.443 e. The highest BCUT2D eigenvalue weighted by molar-refractivity contribution is 6.03. The number of nitrogens with one attached hydrogen (secondary N) is 1. The Kier molecular flexibility index (Phi) is 6.65. The van der Waals surface area contributed by atoms with Crippen molar-refractivity contribution in [3.05, 3.63) is 46.5 Å². The Balaban J connectivity index is 1.55. The van der Waals surface area contributed by atoms with Crippen molar-refractivity contribution in [2.45, 2.75) is 57.6 Å². The molecule has 39 heavy (non-hydrogen) atoms. The van der Waals surface area contributed by atoms with Gasteiger partial charge in [0.1, 0.15) is 22.9 Å². The summed E-state index contributed by atoms with van der Waals surface area (Å²) >= 11 is 0. The molecule has 1 saturated heterocycles. The molecule has 1 unspecified atom stereocenters. The summed E-state index contributed by atoms with van der Waals surface area (Å²) in [4.78, 5) is 45.1. The smallest absolute Gasteiger partial charge is 0.415 e. The normalized spacial score (nSPS) is 19.1. The monoisotopic (exact) mass is 544 g/mol. The molecule has 0 bridgehead atoms. The number of fused-ring (bicyclic) bond motifs is 1. The highest BCUT2D eigenvalue weighted by Crippen LogP contribution is 2.44. The van der Waals surface area contributed by atoms with Gasteiger partial charge in [-0.3, -0.25) is 14.5 Å². The first-order valence-electron chi connectivity index (χ1n) is 12.7. The maximum Gasteiger partial charge on any atom is 0.415 e. The molecule has 0 spiro atoms. The van der Waals surface area contributed by atoms with Crippen LogP contribution in [0.5, 0.6) is 0 Å². The van der Waals surface area contributed by atoms with Gasteiger partial charge in [-0.2, -0.15) is 9.61 Å². The van der Waals surface area contributed by atoms with E-state index in [4.69, 9.17) is 9.47 Å². The van der Waals surface area contributed by atoms with Gasteiger partial charge in [0.2, 0.25) is 0 Å². The summed E-state index contributed by atoms with van der Waals surface area (Å²) in [6.45, 7) is 5.99. The zero-order valence-electron chi connectivity index (χ0n) is 22.1. The third-order valence-electron chi connectivity index (χ3n) is 6.73. The average Bonchev–Trinajstić information content (AvgIpc) is 3.52. The summed E-state index contributed by atoms with van der Waals surface area (Å²) in [6.07, 6.45) is 1.97. The van der Waals surface area contributed by atoms with Gasteiger partial charge in [-0.25, -0.2) is 18.6 Å². The van der Waals surface area contributed by atoms with E-state index in [2.05, 4.69) is 15.4 Å². The third kappa shape index (κ3) is 5.35. The Hall–Kier alpha value is -3.87. The first-order chi connectivity index (χ1) is 18.3. The summed E-state index contributed by atoms with van der Waals surface area (Å²) in [5, 5.41) is 7.27. The quantitative estimate of drug-likeness (QED) is 0.459. The number of amides is 1. The Bertz CT molecular complexity index is 1480. The first kappa shape index (κ1) is 26.7.